The van der Waals surface area contributed by atoms with E-state index < -0.39 is 11.6 Å². The zero-order chi connectivity index (χ0) is 9.19. The predicted molar refractivity (Wildman–Crippen MR) is 44.7 cm³/mol. The maximum absolute atomic E-state index is 10.3. The highest BCUT2D eigenvalue weighted by molar-refractivity contribution is 5.66. The highest BCUT2D eigenvalue weighted by Crippen LogP contribution is 2.42. The molecule has 1 saturated carbocycles. The first-order valence-electron chi connectivity index (χ1n) is 4.16. The van der Waals surface area contributed by atoms with Crippen molar-refractivity contribution in [1.82, 2.24) is 0 Å². The molecular weight excluding hydrogens is 156 g/mol. The van der Waals surface area contributed by atoms with Gasteiger partial charge in [0.05, 0.1) is 5.60 Å². The van der Waals surface area contributed by atoms with E-state index in [1.165, 1.54) is 6.08 Å². The number of carbonyl (C=O) groups is 1. The van der Waals surface area contributed by atoms with Crippen LogP contribution in [0.25, 0.3) is 0 Å². The normalized spacial score (nSPS) is 21.4. The number of rotatable bonds is 5. The number of hydrogen-bond donors (Lipinski definition) is 2. The van der Waals surface area contributed by atoms with Crippen LogP contribution in [0.3, 0.4) is 0 Å². The zero-order valence-electron chi connectivity index (χ0n) is 6.99. The summed E-state index contributed by atoms with van der Waals surface area (Å²) >= 11 is 0. The smallest absolute Gasteiger partial charge is 0.303 e. The molecule has 1 aliphatic carbocycles. The molecule has 1 rings (SSSR count). The van der Waals surface area contributed by atoms with Gasteiger partial charge >= 0.3 is 5.97 Å². The molecule has 0 aliphatic heterocycles. The monoisotopic (exact) mass is 170 g/mol. The van der Waals surface area contributed by atoms with Crippen molar-refractivity contribution in [3.05, 3.63) is 12.7 Å². The summed E-state index contributed by atoms with van der Waals surface area (Å²) in [5, 5.41) is 18.3. The summed E-state index contributed by atoms with van der Waals surface area (Å²) in [6.07, 6.45) is 3.76. The Bertz CT molecular complexity index is 196. The average molecular weight is 170 g/mol. The Balaban J connectivity index is 2.43. The minimum atomic E-state index is -0.932. The molecule has 0 aromatic carbocycles. The fourth-order valence-electron chi connectivity index (χ4n) is 1.36. The SMILES string of the molecule is C=CC(O)(CCC(=O)O)C1CC1. The van der Waals surface area contributed by atoms with Crippen molar-refractivity contribution < 1.29 is 15.0 Å². The number of aliphatic hydroxyl groups is 1. The summed E-state index contributed by atoms with van der Waals surface area (Å²) in [6.45, 7) is 3.53. The van der Waals surface area contributed by atoms with E-state index in [4.69, 9.17) is 5.11 Å². The largest absolute Gasteiger partial charge is 0.481 e. The van der Waals surface area contributed by atoms with Crippen LogP contribution in [-0.2, 0) is 4.79 Å². The van der Waals surface area contributed by atoms with E-state index in [0.717, 1.165) is 12.8 Å². The van der Waals surface area contributed by atoms with Crippen molar-refractivity contribution in [3.63, 3.8) is 0 Å². The van der Waals surface area contributed by atoms with Crippen molar-refractivity contribution in [2.75, 3.05) is 0 Å². The van der Waals surface area contributed by atoms with Gasteiger partial charge in [0.1, 0.15) is 0 Å². The van der Waals surface area contributed by atoms with E-state index in [1.54, 1.807) is 0 Å². The lowest BCUT2D eigenvalue weighted by atomic mass is 9.92. The molecule has 1 unspecified atom stereocenters. The van der Waals surface area contributed by atoms with Gasteiger partial charge in [-0.15, -0.1) is 6.58 Å². The molecule has 1 fully saturated rings. The van der Waals surface area contributed by atoms with Crippen molar-refractivity contribution in [1.29, 1.82) is 0 Å². The van der Waals surface area contributed by atoms with Crippen LogP contribution in [0.1, 0.15) is 25.7 Å². The molecule has 0 bridgehead atoms. The van der Waals surface area contributed by atoms with Crippen LogP contribution < -0.4 is 0 Å². The van der Waals surface area contributed by atoms with Crippen LogP contribution in [0.5, 0.6) is 0 Å². The molecule has 12 heavy (non-hydrogen) atoms. The van der Waals surface area contributed by atoms with Crippen molar-refractivity contribution in [2.45, 2.75) is 31.3 Å². The van der Waals surface area contributed by atoms with Gasteiger partial charge in [0, 0.05) is 6.42 Å². The van der Waals surface area contributed by atoms with E-state index >= 15 is 0 Å². The number of carboxylic acid groups (broad SMARTS) is 1. The van der Waals surface area contributed by atoms with E-state index in [9.17, 15) is 9.90 Å². The van der Waals surface area contributed by atoms with Crippen LogP contribution in [0.15, 0.2) is 12.7 Å². The quantitative estimate of drug-likeness (QED) is 0.609. The van der Waals surface area contributed by atoms with E-state index in [0.29, 0.717) is 0 Å². The summed E-state index contributed by atoms with van der Waals surface area (Å²) in [7, 11) is 0. The lowest BCUT2D eigenvalue weighted by molar-refractivity contribution is -0.138. The fraction of sp³-hybridized carbons (Fsp3) is 0.667. The Morgan fingerprint density at radius 2 is 2.25 bits per heavy atom. The van der Waals surface area contributed by atoms with Crippen LogP contribution >= 0.6 is 0 Å². The summed E-state index contributed by atoms with van der Waals surface area (Å²) in [5.41, 5.74) is -0.932. The first-order valence-corrected chi connectivity index (χ1v) is 4.16. The van der Waals surface area contributed by atoms with Gasteiger partial charge in [0.25, 0.3) is 0 Å². The average Bonchev–Trinajstić information content (AvgIpc) is 2.82. The molecule has 0 saturated heterocycles. The first-order chi connectivity index (χ1) is 5.58. The van der Waals surface area contributed by atoms with Crippen LogP contribution in [0.2, 0.25) is 0 Å². The number of aliphatic carboxylic acids is 1. The molecule has 1 atom stereocenters. The van der Waals surface area contributed by atoms with Crippen molar-refractivity contribution in [3.8, 4) is 0 Å². The molecule has 0 amide bonds. The van der Waals surface area contributed by atoms with Crippen molar-refractivity contribution >= 4 is 5.97 Å². The third-order valence-electron chi connectivity index (χ3n) is 2.38. The molecule has 1 aliphatic rings. The Kier molecular flexibility index (Phi) is 2.52. The molecule has 0 radical (unpaired) electrons. The molecule has 0 aromatic rings. The second-order valence-electron chi connectivity index (χ2n) is 3.36. The second kappa shape index (κ2) is 3.27. The van der Waals surface area contributed by atoms with Gasteiger partial charge in [0.15, 0.2) is 0 Å². The third kappa shape index (κ3) is 2.08. The topological polar surface area (TPSA) is 57.5 Å². The highest BCUT2D eigenvalue weighted by Gasteiger charge is 2.41. The van der Waals surface area contributed by atoms with Crippen LogP contribution in [0, 0.1) is 5.92 Å². The third-order valence-corrected chi connectivity index (χ3v) is 2.38. The van der Waals surface area contributed by atoms with E-state index in [1.807, 2.05) is 0 Å². The van der Waals surface area contributed by atoms with Gasteiger partial charge in [-0.25, -0.2) is 0 Å². The van der Waals surface area contributed by atoms with Crippen molar-refractivity contribution in [2.24, 2.45) is 5.92 Å². The Morgan fingerprint density at radius 3 is 2.58 bits per heavy atom. The molecule has 0 aromatic heterocycles. The molecule has 0 spiro atoms. The first kappa shape index (κ1) is 9.26. The lowest BCUT2D eigenvalue weighted by Crippen LogP contribution is -2.29. The van der Waals surface area contributed by atoms with Crippen LogP contribution in [-0.4, -0.2) is 21.8 Å². The molecule has 3 heteroatoms. The van der Waals surface area contributed by atoms with Gasteiger partial charge in [-0.05, 0) is 25.2 Å². The van der Waals surface area contributed by atoms with E-state index in [-0.39, 0.29) is 18.8 Å². The molecule has 0 heterocycles. The Hall–Kier alpha value is -0.830. The Labute approximate surface area is 71.7 Å². The number of hydrogen-bond acceptors (Lipinski definition) is 2. The Morgan fingerprint density at radius 1 is 1.67 bits per heavy atom. The maximum atomic E-state index is 10.3. The summed E-state index contributed by atoms with van der Waals surface area (Å²) in [6, 6.07) is 0. The molecule has 3 nitrogen and oxygen atoms in total. The fourth-order valence-corrected chi connectivity index (χ4v) is 1.36. The minimum absolute atomic E-state index is 0.0129. The van der Waals surface area contributed by atoms with Gasteiger partial charge in [-0.1, -0.05) is 6.08 Å². The predicted octanol–water partition coefficient (Wildman–Crippen LogP) is 1.18. The maximum Gasteiger partial charge on any atom is 0.303 e. The highest BCUT2D eigenvalue weighted by atomic mass is 16.4. The zero-order valence-corrected chi connectivity index (χ0v) is 6.99. The van der Waals surface area contributed by atoms with E-state index in [2.05, 4.69) is 6.58 Å². The van der Waals surface area contributed by atoms with Crippen LogP contribution in [0.4, 0.5) is 0 Å². The standard InChI is InChI=1S/C9H14O3/c1-2-9(12,7-3-4-7)6-5-8(10)11/h2,7,12H,1,3-6H2,(H,10,11). The van der Waals surface area contributed by atoms with Gasteiger partial charge in [0.2, 0.25) is 0 Å². The molecular formula is C9H14O3. The number of carboxylic acids is 1. The molecule has 2 N–H and O–H groups in total. The summed E-state index contributed by atoms with van der Waals surface area (Å²) in [4.78, 5) is 10.3. The second-order valence-corrected chi connectivity index (χ2v) is 3.36. The minimum Gasteiger partial charge on any atom is -0.481 e. The summed E-state index contributed by atoms with van der Waals surface area (Å²) < 4.78 is 0. The van der Waals surface area contributed by atoms with Gasteiger partial charge in [-0.3, -0.25) is 4.79 Å². The lowest BCUT2D eigenvalue weighted by Gasteiger charge is -2.22. The summed E-state index contributed by atoms with van der Waals surface area (Å²) in [5.74, 6) is -0.620. The van der Waals surface area contributed by atoms with Gasteiger partial charge in [-0.2, -0.15) is 0 Å². The molecule has 68 valence electrons. The van der Waals surface area contributed by atoms with Gasteiger partial charge < -0.3 is 10.2 Å².